The Kier molecular flexibility index (Phi) is 4.34. The highest BCUT2D eigenvalue weighted by Crippen LogP contribution is 2.21. The normalized spacial score (nSPS) is 11.9. The SMILES string of the molecule is Cc1ccc(NS(=O)(=O)c2cc(CN)n(C(C)C)c2)cn1. The van der Waals surface area contributed by atoms with Crippen molar-refractivity contribution in [2.24, 2.45) is 5.73 Å². The predicted molar refractivity (Wildman–Crippen MR) is 82.5 cm³/mol. The summed E-state index contributed by atoms with van der Waals surface area (Å²) in [5, 5.41) is 0. The third-order valence-electron chi connectivity index (χ3n) is 3.15. The van der Waals surface area contributed by atoms with Gasteiger partial charge < -0.3 is 10.3 Å². The number of aryl methyl sites for hydroxylation is 1. The van der Waals surface area contributed by atoms with E-state index in [4.69, 9.17) is 5.73 Å². The first-order valence-corrected chi connectivity index (χ1v) is 8.18. The molecule has 2 rings (SSSR count). The molecule has 114 valence electrons. The van der Waals surface area contributed by atoms with Gasteiger partial charge >= 0.3 is 0 Å². The van der Waals surface area contributed by atoms with Crippen LogP contribution in [0, 0.1) is 6.92 Å². The highest BCUT2D eigenvalue weighted by molar-refractivity contribution is 7.92. The van der Waals surface area contributed by atoms with Crippen LogP contribution in [-0.2, 0) is 16.6 Å². The fraction of sp³-hybridized carbons (Fsp3) is 0.357. The summed E-state index contributed by atoms with van der Waals surface area (Å²) in [6, 6.07) is 5.18. The number of nitrogens with one attached hydrogen (secondary N) is 1. The van der Waals surface area contributed by atoms with Gasteiger partial charge in [-0.2, -0.15) is 0 Å². The molecule has 0 unspecified atom stereocenters. The monoisotopic (exact) mass is 308 g/mol. The van der Waals surface area contributed by atoms with Crippen LogP contribution in [0.15, 0.2) is 35.5 Å². The van der Waals surface area contributed by atoms with Crippen molar-refractivity contribution >= 4 is 15.7 Å². The van der Waals surface area contributed by atoms with Crippen LogP contribution in [0.3, 0.4) is 0 Å². The van der Waals surface area contributed by atoms with Gasteiger partial charge in [-0.25, -0.2) is 8.42 Å². The van der Waals surface area contributed by atoms with Gasteiger partial charge in [-0.3, -0.25) is 9.71 Å². The van der Waals surface area contributed by atoms with Gasteiger partial charge in [0.2, 0.25) is 0 Å². The Morgan fingerprint density at radius 3 is 2.57 bits per heavy atom. The maximum atomic E-state index is 12.4. The van der Waals surface area contributed by atoms with Crippen molar-refractivity contribution in [3.8, 4) is 0 Å². The largest absolute Gasteiger partial charge is 0.346 e. The van der Waals surface area contributed by atoms with Crippen LogP contribution < -0.4 is 10.5 Å². The van der Waals surface area contributed by atoms with E-state index in [0.29, 0.717) is 12.2 Å². The molecule has 0 atom stereocenters. The number of rotatable bonds is 5. The Labute approximate surface area is 125 Å². The first-order valence-electron chi connectivity index (χ1n) is 6.70. The molecule has 0 bridgehead atoms. The van der Waals surface area contributed by atoms with Crippen molar-refractivity contribution in [1.29, 1.82) is 0 Å². The lowest BCUT2D eigenvalue weighted by Gasteiger charge is -2.10. The molecule has 0 radical (unpaired) electrons. The minimum atomic E-state index is -3.64. The second-order valence-electron chi connectivity index (χ2n) is 5.17. The van der Waals surface area contributed by atoms with Crippen LogP contribution in [0.2, 0.25) is 0 Å². The fourth-order valence-electron chi connectivity index (χ4n) is 2.03. The lowest BCUT2D eigenvalue weighted by molar-refractivity contribution is 0.573. The Hall–Kier alpha value is -1.86. The molecular weight excluding hydrogens is 288 g/mol. The molecule has 2 aromatic heterocycles. The van der Waals surface area contributed by atoms with Gasteiger partial charge in [0, 0.05) is 30.2 Å². The number of pyridine rings is 1. The molecule has 0 amide bonds. The Bertz CT molecular complexity index is 718. The molecular formula is C14H20N4O2S. The van der Waals surface area contributed by atoms with E-state index in [1.54, 1.807) is 24.4 Å². The van der Waals surface area contributed by atoms with Gasteiger partial charge in [0.05, 0.1) is 11.9 Å². The van der Waals surface area contributed by atoms with Crippen molar-refractivity contribution in [3.05, 3.63) is 42.0 Å². The summed E-state index contributed by atoms with van der Waals surface area (Å²) >= 11 is 0. The number of nitrogens with zero attached hydrogens (tertiary/aromatic N) is 2. The van der Waals surface area contributed by atoms with Crippen LogP contribution in [0.1, 0.15) is 31.3 Å². The van der Waals surface area contributed by atoms with E-state index in [-0.39, 0.29) is 10.9 Å². The van der Waals surface area contributed by atoms with Crippen LogP contribution in [0.5, 0.6) is 0 Å². The summed E-state index contributed by atoms with van der Waals surface area (Å²) in [5.41, 5.74) is 7.72. The Morgan fingerprint density at radius 2 is 2.10 bits per heavy atom. The third kappa shape index (κ3) is 3.43. The summed E-state index contributed by atoms with van der Waals surface area (Å²) in [6.45, 7) is 6.09. The molecule has 7 heteroatoms. The molecule has 0 aliphatic carbocycles. The predicted octanol–water partition coefficient (Wildman–Crippen LogP) is 2.03. The van der Waals surface area contributed by atoms with E-state index in [9.17, 15) is 8.42 Å². The summed E-state index contributed by atoms with van der Waals surface area (Å²) in [5.74, 6) is 0. The minimum absolute atomic E-state index is 0.147. The minimum Gasteiger partial charge on any atom is -0.346 e. The molecule has 0 aliphatic heterocycles. The van der Waals surface area contributed by atoms with E-state index in [1.807, 2.05) is 25.3 Å². The van der Waals surface area contributed by atoms with Crippen LogP contribution in [-0.4, -0.2) is 18.0 Å². The first kappa shape index (κ1) is 15.5. The molecule has 0 saturated carbocycles. The van der Waals surface area contributed by atoms with Crippen molar-refractivity contribution in [3.63, 3.8) is 0 Å². The molecule has 21 heavy (non-hydrogen) atoms. The zero-order valence-corrected chi connectivity index (χ0v) is 13.2. The summed E-state index contributed by atoms with van der Waals surface area (Å²) < 4.78 is 29.2. The van der Waals surface area contributed by atoms with Gasteiger partial charge in [0.25, 0.3) is 10.0 Å². The Balaban J connectivity index is 2.33. The van der Waals surface area contributed by atoms with Gasteiger partial charge in [0.15, 0.2) is 0 Å². The molecule has 0 aliphatic rings. The molecule has 2 aromatic rings. The standard InChI is InChI=1S/C14H20N4O2S/c1-10(2)18-9-14(6-13(18)7-15)21(19,20)17-12-5-4-11(3)16-8-12/h4-6,8-10,17H,7,15H2,1-3H3. The van der Waals surface area contributed by atoms with E-state index < -0.39 is 10.0 Å². The third-order valence-corrected chi connectivity index (χ3v) is 4.49. The smallest absolute Gasteiger partial charge is 0.263 e. The number of sulfonamides is 1. The van der Waals surface area contributed by atoms with Crippen molar-refractivity contribution < 1.29 is 8.42 Å². The maximum absolute atomic E-state index is 12.4. The van der Waals surface area contributed by atoms with E-state index in [0.717, 1.165) is 11.4 Å². The fourth-order valence-corrected chi connectivity index (χ4v) is 3.12. The topological polar surface area (TPSA) is 90.0 Å². The average Bonchev–Trinajstić information content (AvgIpc) is 2.86. The molecule has 6 nitrogen and oxygen atoms in total. The van der Waals surface area contributed by atoms with Gasteiger partial charge in [0.1, 0.15) is 4.90 Å². The number of aromatic nitrogens is 2. The van der Waals surface area contributed by atoms with Crippen molar-refractivity contribution in [2.75, 3.05) is 4.72 Å². The lowest BCUT2D eigenvalue weighted by Crippen LogP contribution is -2.12. The average molecular weight is 308 g/mol. The molecule has 0 spiro atoms. The van der Waals surface area contributed by atoms with Crippen molar-refractivity contribution in [1.82, 2.24) is 9.55 Å². The quantitative estimate of drug-likeness (QED) is 0.884. The number of anilines is 1. The Morgan fingerprint density at radius 1 is 1.38 bits per heavy atom. The second kappa shape index (κ2) is 5.87. The van der Waals surface area contributed by atoms with E-state index in [1.165, 1.54) is 6.20 Å². The van der Waals surface area contributed by atoms with Crippen LogP contribution in [0.25, 0.3) is 0 Å². The summed E-state index contributed by atoms with van der Waals surface area (Å²) in [7, 11) is -3.64. The van der Waals surface area contributed by atoms with E-state index >= 15 is 0 Å². The highest BCUT2D eigenvalue weighted by Gasteiger charge is 2.19. The van der Waals surface area contributed by atoms with Gasteiger partial charge in [-0.1, -0.05) is 0 Å². The zero-order chi connectivity index (χ0) is 15.6. The molecule has 0 fully saturated rings. The van der Waals surface area contributed by atoms with Gasteiger partial charge in [-0.05, 0) is 39.0 Å². The molecule has 3 N–H and O–H groups in total. The maximum Gasteiger partial charge on any atom is 0.263 e. The molecule has 0 aromatic carbocycles. The van der Waals surface area contributed by atoms with E-state index in [2.05, 4.69) is 9.71 Å². The summed E-state index contributed by atoms with van der Waals surface area (Å²) in [6.07, 6.45) is 3.10. The second-order valence-corrected chi connectivity index (χ2v) is 6.85. The van der Waals surface area contributed by atoms with Crippen LogP contribution >= 0.6 is 0 Å². The molecule has 0 saturated heterocycles. The number of hydrogen-bond donors (Lipinski definition) is 2. The summed E-state index contributed by atoms with van der Waals surface area (Å²) in [4.78, 5) is 4.28. The first-order chi connectivity index (χ1) is 9.83. The van der Waals surface area contributed by atoms with Crippen LogP contribution in [0.4, 0.5) is 5.69 Å². The van der Waals surface area contributed by atoms with Gasteiger partial charge in [-0.15, -0.1) is 0 Å². The highest BCUT2D eigenvalue weighted by atomic mass is 32.2. The lowest BCUT2D eigenvalue weighted by atomic mass is 10.3. The number of nitrogens with two attached hydrogens (primary N) is 1. The number of hydrogen-bond acceptors (Lipinski definition) is 4. The van der Waals surface area contributed by atoms with Crippen molar-refractivity contribution in [2.45, 2.75) is 38.3 Å². The molecule has 2 heterocycles. The zero-order valence-electron chi connectivity index (χ0n) is 12.4.